The second kappa shape index (κ2) is 4.01. The highest BCUT2D eigenvalue weighted by Gasteiger charge is 2.53. The van der Waals surface area contributed by atoms with Crippen LogP contribution in [0.25, 0.3) is 10.8 Å². The van der Waals surface area contributed by atoms with Gasteiger partial charge in [-0.1, -0.05) is 29.8 Å². The van der Waals surface area contributed by atoms with Crippen LogP contribution in [-0.4, -0.2) is 5.78 Å². The first-order chi connectivity index (χ1) is 10.6. The average molecular weight is 289 g/mol. The summed E-state index contributed by atoms with van der Waals surface area (Å²) in [4.78, 5) is 12.9. The molecule has 0 saturated heterocycles. The number of ketones is 1. The topological polar surface area (TPSA) is 43.1 Å². The average Bonchev–Trinajstić information content (AvgIpc) is 3.08. The van der Waals surface area contributed by atoms with E-state index >= 15 is 0 Å². The summed E-state index contributed by atoms with van der Waals surface area (Å²) in [5.74, 6) is 1.03. The van der Waals surface area contributed by atoms with Crippen LogP contribution < -0.4 is 5.73 Å². The van der Waals surface area contributed by atoms with Gasteiger partial charge in [0.1, 0.15) is 5.78 Å². The Kier molecular flexibility index (Phi) is 2.27. The number of nitrogens with two attached hydrogens (primary N) is 1. The molecule has 5 rings (SSSR count). The number of Topliss-reactive ketones (excluding diaryl/α,β-unsaturated/α-hetero) is 1. The Morgan fingerprint density at radius 1 is 1.05 bits per heavy atom. The number of hydrogen-bond donors (Lipinski definition) is 1. The number of nitrogen functional groups attached to an aromatic ring is 1. The molecule has 2 bridgehead atoms. The van der Waals surface area contributed by atoms with Gasteiger partial charge in [-0.25, -0.2) is 0 Å². The number of carbonyl (C=O) groups is 1. The first-order valence-electron chi connectivity index (χ1n) is 8.16. The summed E-state index contributed by atoms with van der Waals surface area (Å²) in [6, 6.07) is 10.5. The van der Waals surface area contributed by atoms with E-state index in [2.05, 4.69) is 24.3 Å². The normalized spacial score (nSPS) is 29.2. The van der Waals surface area contributed by atoms with E-state index in [1.54, 1.807) is 0 Å². The number of benzene rings is 2. The van der Waals surface area contributed by atoms with Crippen molar-refractivity contribution in [2.45, 2.75) is 32.1 Å². The van der Waals surface area contributed by atoms with Gasteiger partial charge in [0.25, 0.3) is 0 Å². The maximum Gasteiger partial charge on any atom is 0.144 e. The van der Waals surface area contributed by atoms with Crippen LogP contribution in [0.3, 0.4) is 0 Å². The molecule has 2 aromatic carbocycles. The van der Waals surface area contributed by atoms with Crippen molar-refractivity contribution in [3.05, 3.63) is 53.1 Å². The van der Waals surface area contributed by atoms with Gasteiger partial charge in [0.05, 0.1) is 0 Å². The van der Waals surface area contributed by atoms with Gasteiger partial charge in [-0.2, -0.15) is 0 Å². The molecule has 1 saturated carbocycles. The van der Waals surface area contributed by atoms with Gasteiger partial charge in [0.2, 0.25) is 0 Å². The third kappa shape index (κ3) is 1.53. The quantitative estimate of drug-likeness (QED) is 0.592. The van der Waals surface area contributed by atoms with E-state index in [1.165, 1.54) is 27.5 Å². The molecule has 22 heavy (non-hydrogen) atoms. The molecular weight excluding hydrogens is 270 g/mol. The number of carbonyl (C=O) groups excluding carboxylic acids is 1. The Morgan fingerprint density at radius 3 is 2.68 bits per heavy atom. The molecule has 0 aromatic heterocycles. The fourth-order valence-corrected chi connectivity index (χ4v) is 4.97. The van der Waals surface area contributed by atoms with Crippen LogP contribution in [0.2, 0.25) is 0 Å². The Morgan fingerprint density at radius 2 is 1.91 bits per heavy atom. The summed E-state index contributed by atoms with van der Waals surface area (Å²) < 4.78 is 0. The maximum absolute atomic E-state index is 12.9. The molecule has 110 valence electrons. The fraction of sp³-hybridized carbons (Fsp3) is 0.350. The van der Waals surface area contributed by atoms with Crippen LogP contribution in [0.4, 0.5) is 5.69 Å². The second-order valence-electron chi connectivity index (χ2n) is 7.34. The summed E-state index contributed by atoms with van der Waals surface area (Å²) in [5.41, 5.74) is 10.8. The van der Waals surface area contributed by atoms with Crippen molar-refractivity contribution in [1.82, 2.24) is 0 Å². The molecule has 2 unspecified atom stereocenters. The van der Waals surface area contributed by atoms with Gasteiger partial charge >= 0.3 is 0 Å². The standard InChI is InChI=1S/C20H19NO/c21-18-4-2-13-6-15-9-19(22)20(10-12-1-3-17(20)5-12)11-16(15)7-14(13)8-18/h1-2,4,6-8,17H,3,5,9-11,21H2. The second-order valence-corrected chi connectivity index (χ2v) is 7.34. The Bertz CT molecular complexity index is 863. The molecular formula is C20H19NO. The van der Waals surface area contributed by atoms with Crippen LogP contribution in [0, 0.1) is 11.3 Å². The zero-order chi connectivity index (χ0) is 14.9. The predicted molar refractivity (Wildman–Crippen MR) is 88.6 cm³/mol. The van der Waals surface area contributed by atoms with Gasteiger partial charge < -0.3 is 5.73 Å². The number of hydrogen-bond acceptors (Lipinski definition) is 2. The van der Waals surface area contributed by atoms with Crippen molar-refractivity contribution in [2.75, 3.05) is 5.73 Å². The number of rotatable bonds is 0. The van der Waals surface area contributed by atoms with Gasteiger partial charge in [0, 0.05) is 17.5 Å². The van der Waals surface area contributed by atoms with Crippen LogP contribution in [0.15, 0.2) is 42.0 Å². The van der Waals surface area contributed by atoms with Crippen LogP contribution in [-0.2, 0) is 17.6 Å². The third-order valence-electron chi connectivity index (χ3n) is 6.12. The van der Waals surface area contributed by atoms with E-state index in [4.69, 9.17) is 5.73 Å². The zero-order valence-electron chi connectivity index (χ0n) is 12.6. The highest BCUT2D eigenvalue weighted by atomic mass is 16.1. The molecule has 2 heteroatoms. The van der Waals surface area contributed by atoms with Crippen LogP contribution >= 0.6 is 0 Å². The summed E-state index contributed by atoms with van der Waals surface area (Å²) >= 11 is 0. The van der Waals surface area contributed by atoms with E-state index in [1.807, 2.05) is 12.1 Å². The van der Waals surface area contributed by atoms with Crippen LogP contribution in [0.5, 0.6) is 0 Å². The van der Waals surface area contributed by atoms with Gasteiger partial charge in [-0.05, 0) is 65.6 Å². The van der Waals surface area contributed by atoms with Crippen molar-refractivity contribution in [3.8, 4) is 0 Å². The number of anilines is 1. The van der Waals surface area contributed by atoms with Crippen molar-refractivity contribution in [3.63, 3.8) is 0 Å². The molecule has 0 amide bonds. The SMILES string of the molecule is Nc1ccc2cc3c(cc2c1)CC1(CC2=CCC1C2)C(=O)C3. The van der Waals surface area contributed by atoms with Crippen molar-refractivity contribution >= 4 is 22.2 Å². The minimum atomic E-state index is -0.0922. The predicted octanol–water partition coefficient (Wildman–Crippen LogP) is 3.82. The zero-order valence-corrected chi connectivity index (χ0v) is 12.6. The highest BCUT2D eigenvalue weighted by molar-refractivity contribution is 5.94. The van der Waals surface area contributed by atoms with Gasteiger partial charge in [0.15, 0.2) is 0 Å². The molecule has 2 aromatic rings. The Labute approximate surface area is 130 Å². The molecule has 3 aliphatic rings. The smallest absolute Gasteiger partial charge is 0.144 e. The molecule has 1 fully saturated rings. The monoisotopic (exact) mass is 289 g/mol. The Hall–Kier alpha value is -2.09. The first-order valence-corrected chi connectivity index (χ1v) is 8.16. The van der Waals surface area contributed by atoms with E-state index in [0.717, 1.165) is 31.4 Å². The third-order valence-corrected chi connectivity index (χ3v) is 6.12. The lowest BCUT2D eigenvalue weighted by molar-refractivity contribution is -0.131. The van der Waals surface area contributed by atoms with E-state index in [0.29, 0.717) is 18.1 Å². The highest BCUT2D eigenvalue weighted by Crippen LogP contribution is 2.57. The van der Waals surface area contributed by atoms with Crippen molar-refractivity contribution < 1.29 is 4.79 Å². The summed E-state index contributed by atoms with van der Waals surface area (Å²) in [6.45, 7) is 0. The molecule has 0 radical (unpaired) electrons. The summed E-state index contributed by atoms with van der Waals surface area (Å²) in [5, 5.41) is 2.39. The molecule has 3 aliphatic carbocycles. The summed E-state index contributed by atoms with van der Waals surface area (Å²) in [7, 11) is 0. The molecule has 2 N–H and O–H groups in total. The van der Waals surface area contributed by atoms with Gasteiger partial charge in [-0.3, -0.25) is 4.79 Å². The molecule has 2 nitrogen and oxygen atoms in total. The molecule has 1 spiro atoms. The number of fused-ring (bicyclic) bond motifs is 5. The van der Waals surface area contributed by atoms with Gasteiger partial charge in [-0.15, -0.1) is 0 Å². The molecule has 2 atom stereocenters. The van der Waals surface area contributed by atoms with Crippen LogP contribution in [0.1, 0.15) is 30.4 Å². The molecule has 0 aliphatic heterocycles. The number of allylic oxidation sites excluding steroid dienone is 2. The largest absolute Gasteiger partial charge is 0.399 e. The first kappa shape index (κ1) is 12.5. The summed E-state index contributed by atoms with van der Waals surface area (Å²) in [6.07, 6.45) is 7.16. The van der Waals surface area contributed by atoms with E-state index < -0.39 is 0 Å². The Balaban J connectivity index is 1.66. The molecule has 0 heterocycles. The van der Waals surface area contributed by atoms with E-state index in [9.17, 15) is 4.79 Å². The lowest BCUT2D eigenvalue weighted by Crippen LogP contribution is -2.42. The lowest BCUT2D eigenvalue weighted by Gasteiger charge is -2.39. The minimum absolute atomic E-state index is 0.0922. The maximum atomic E-state index is 12.9. The minimum Gasteiger partial charge on any atom is -0.399 e. The lowest BCUT2D eigenvalue weighted by atomic mass is 9.63. The van der Waals surface area contributed by atoms with E-state index in [-0.39, 0.29) is 5.41 Å². The van der Waals surface area contributed by atoms with Crippen molar-refractivity contribution in [2.24, 2.45) is 11.3 Å². The van der Waals surface area contributed by atoms with Crippen molar-refractivity contribution in [1.29, 1.82) is 0 Å². The fourth-order valence-electron chi connectivity index (χ4n) is 4.97.